The molecule has 23 heavy (non-hydrogen) atoms. The van der Waals surface area contributed by atoms with E-state index < -0.39 is 28.7 Å². The Morgan fingerprint density at radius 2 is 2.00 bits per heavy atom. The van der Waals surface area contributed by atoms with Crippen LogP contribution < -0.4 is 0 Å². The summed E-state index contributed by atoms with van der Waals surface area (Å²) >= 11 is 0. The zero-order valence-electron chi connectivity index (χ0n) is 15.3. The second-order valence-corrected chi connectivity index (χ2v) is 7.19. The van der Waals surface area contributed by atoms with E-state index in [1.54, 1.807) is 12.1 Å². The van der Waals surface area contributed by atoms with Gasteiger partial charge in [-0.15, -0.1) is 0 Å². The molecule has 0 amide bonds. The van der Waals surface area contributed by atoms with Crippen LogP contribution in [-0.4, -0.2) is 33.3 Å². The summed E-state index contributed by atoms with van der Waals surface area (Å²) in [6.07, 6.45) is 0.344. The van der Waals surface area contributed by atoms with Crippen molar-refractivity contribution in [2.24, 2.45) is 4.99 Å². The Morgan fingerprint density at radius 3 is 2.65 bits per heavy atom. The molecular formula is C17H16FNO3S. The highest BCUT2D eigenvalue weighted by molar-refractivity contribution is 7.90. The zero-order chi connectivity index (χ0) is 19.1. The van der Waals surface area contributed by atoms with E-state index in [0.717, 1.165) is 6.26 Å². The first-order valence-electron chi connectivity index (χ1n) is 8.40. The summed E-state index contributed by atoms with van der Waals surface area (Å²) in [5.74, 6) is 0.0448. The number of hydrogen-bond donors (Lipinski definition) is 0. The fraction of sp³-hybridized carbons (Fsp3) is 0.235. The Kier molecular flexibility index (Phi) is 3.26. The molecule has 0 bridgehead atoms. The van der Waals surface area contributed by atoms with Gasteiger partial charge < -0.3 is 4.74 Å². The van der Waals surface area contributed by atoms with E-state index in [4.69, 9.17) is 8.85 Å². The number of nitrogens with zero attached hydrogens (tertiary/aromatic N) is 1. The maximum Gasteiger partial charge on any atom is 0.217 e. The molecule has 4 nitrogen and oxygen atoms in total. The van der Waals surface area contributed by atoms with Crippen LogP contribution in [-0.2, 0) is 14.6 Å². The van der Waals surface area contributed by atoms with E-state index >= 15 is 0 Å². The number of hydrogen-bond acceptors (Lipinski definition) is 4. The van der Waals surface area contributed by atoms with Crippen LogP contribution in [0.3, 0.4) is 0 Å². The minimum Gasteiger partial charge on any atom is -0.467 e. The number of sulfone groups is 1. The standard InChI is InChI=1S/C17H16FNO3S/c1-23(20,21)14-9-7-12(8-10-14)16-15(11-18)19-17(22-16)13-5-3-2-4-6-13/h2-10,15-16H,11H2,1H3/t15-,16-/m1/s1/i2D,3D,5D. The van der Waals surface area contributed by atoms with Crippen LogP contribution in [0.5, 0.6) is 0 Å². The van der Waals surface area contributed by atoms with Gasteiger partial charge in [0.15, 0.2) is 15.9 Å². The summed E-state index contributed by atoms with van der Waals surface area (Å²) in [5, 5.41) is 0. The SMILES string of the molecule is [2H]c1ccc(C2=N[C@H](CF)[C@@H](c3ccc(S(C)(=O)=O)cc3)O2)c([2H])c1[2H]. The smallest absolute Gasteiger partial charge is 0.217 e. The van der Waals surface area contributed by atoms with Gasteiger partial charge in [0, 0.05) is 11.8 Å². The first-order valence-corrected chi connectivity index (χ1v) is 8.79. The number of ether oxygens (including phenoxy) is 1. The van der Waals surface area contributed by atoms with Gasteiger partial charge in [-0.3, -0.25) is 0 Å². The second-order valence-electron chi connectivity index (χ2n) is 5.18. The summed E-state index contributed by atoms with van der Waals surface area (Å²) in [6.45, 7) is -0.792. The van der Waals surface area contributed by atoms with Crippen LogP contribution in [0.4, 0.5) is 4.39 Å². The minimum atomic E-state index is -3.34. The average molecular weight is 336 g/mol. The highest BCUT2D eigenvalue weighted by atomic mass is 32.2. The lowest BCUT2D eigenvalue weighted by Gasteiger charge is -2.16. The summed E-state index contributed by atoms with van der Waals surface area (Å²) in [7, 11) is -3.34. The van der Waals surface area contributed by atoms with Crippen LogP contribution in [0.15, 0.2) is 64.4 Å². The molecule has 1 heterocycles. The van der Waals surface area contributed by atoms with Gasteiger partial charge in [0.05, 0.1) is 9.01 Å². The largest absolute Gasteiger partial charge is 0.467 e. The van der Waals surface area contributed by atoms with E-state index in [-0.39, 0.29) is 34.5 Å². The molecular weight excluding hydrogens is 317 g/mol. The third-order valence-corrected chi connectivity index (χ3v) is 4.63. The van der Waals surface area contributed by atoms with Gasteiger partial charge in [0.2, 0.25) is 5.90 Å². The van der Waals surface area contributed by atoms with Crippen LogP contribution >= 0.6 is 0 Å². The van der Waals surface area contributed by atoms with Gasteiger partial charge in [0.25, 0.3) is 0 Å². The number of benzene rings is 2. The predicted molar refractivity (Wildman–Crippen MR) is 86.1 cm³/mol. The molecule has 0 spiro atoms. The average Bonchev–Trinajstić information content (AvgIpc) is 3.03. The molecule has 0 fully saturated rings. The van der Waals surface area contributed by atoms with Gasteiger partial charge in [-0.1, -0.05) is 30.3 Å². The van der Waals surface area contributed by atoms with Gasteiger partial charge in [-0.2, -0.15) is 0 Å². The molecule has 1 aliphatic rings. The van der Waals surface area contributed by atoms with Gasteiger partial charge in [-0.05, 0) is 29.8 Å². The van der Waals surface area contributed by atoms with Gasteiger partial charge in [0.1, 0.15) is 12.7 Å². The van der Waals surface area contributed by atoms with Crippen molar-refractivity contribution in [3.63, 3.8) is 0 Å². The van der Waals surface area contributed by atoms with Gasteiger partial charge in [-0.25, -0.2) is 17.8 Å². The first kappa shape index (κ1) is 12.2. The van der Waals surface area contributed by atoms with Crippen LogP contribution in [0.25, 0.3) is 0 Å². The molecule has 2 atom stereocenters. The van der Waals surface area contributed by atoms with Crippen molar-refractivity contribution in [3.05, 3.63) is 65.7 Å². The normalized spacial score (nSPS) is 22.7. The van der Waals surface area contributed by atoms with Crippen LogP contribution in [0, 0.1) is 0 Å². The summed E-state index contributed by atoms with van der Waals surface area (Å²) < 4.78 is 65.5. The lowest BCUT2D eigenvalue weighted by atomic mass is 10.0. The van der Waals surface area contributed by atoms with E-state index in [9.17, 15) is 12.8 Å². The Labute approximate surface area is 138 Å². The van der Waals surface area contributed by atoms with E-state index in [2.05, 4.69) is 4.99 Å². The fourth-order valence-electron chi connectivity index (χ4n) is 2.33. The monoisotopic (exact) mass is 336 g/mol. The molecule has 0 N–H and O–H groups in total. The van der Waals surface area contributed by atoms with Crippen molar-refractivity contribution in [2.45, 2.75) is 17.0 Å². The summed E-state index contributed by atoms with van der Waals surface area (Å²) in [5.41, 5.74) is 0.785. The van der Waals surface area contributed by atoms with E-state index in [1.165, 1.54) is 24.3 Å². The molecule has 3 rings (SSSR count). The molecule has 2 aromatic carbocycles. The molecule has 1 aliphatic heterocycles. The number of halogens is 1. The molecule has 120 valence electrons. The van der Waals surface area contributed by atoms with Crippen LogP contribution in [0.1, 0.15) is 21.3 Å². The van der Waals surface area contributed by atoms with Crippen molar-refractivity contribution in [1.29, 1.82) is 0 Å². The number of rotatable bonds is 4. The molecule has 2 aromatic rings. The van der Waals surface area contributed by atoms with Crippen molar-refractivity contribution >= 4 is 15.7 Å². The molecule has 0 radical (unpaired) electrons. The topological polar surface area (TPSA) is 55.7 Å². The maximum atomic E-state index is 13.4. The summed E-state index contributed by atoms with van der Waals surface area (Å²) in [6, 6.07) is 7.37. The Hall–Kier alpha value is -2.21. The highest BCUT2D eigenvalue weighted by Gasteiger charge is 2.33. The summed E-state index contributed by atoms with van der Waals surface area (Å²) in [4.78, 5) is 4.32. The van der Waals surface area contributed by atoms with Crippen LogP contribution in [0.2, 0.25) is 0 Å². The fourth-order valence-corrected chi connectivity index (χ4v) is 2.96. The Balaban J connectivity index is 1.92. The Morgan fingerprint density at radius 1 is 1.26 bits per heavy atom. The maximum absolute atomic E-state index is 13.4. The molecule has 0 unspecified atom stereocenters. The first-order chi connectivity index (χ1) is 12.2. The van der Waals surface area contributed by atoms with Crippen molar-refractivity contribution in [2.75, 3.05) is 12.9 Å². The van der Waals surface area contributed by atoms with Gasteiger partial charge >= 0.3 is 0 Å². The lowest BCUT2D eigenvalue weighted by molar-refractivity contribution is 0.180. The third kappa shape index (κ3) is 3.27. The molecule has 6 heteroatoms. The second kappa shape index (κ2) is 6.12. The zero-order valence-corrected chi connectivity index (χ0v) is 13.1. The number of aliphatic imine (C=N–C) groups is 1. The highest BCUT2D eigenvalue weighted by Crippen LogP contribution is 2.32. The van der Waals surface area contributed by atoms with E-state index in [1.807, 2.05) is 0 Å². The molecule has 0 saturated carbocycles. The number of alkyl halides is 1. The molecule has 0 saturated heterocycles. The van der Waals surface area contributed by atoms with Crippen molar-refractivity contribution in [1.82, 2.24) is 0 Å². The third-order valence-electron chi connectivity index (χ3n) is 3.50. The molecule has 0 aliphatic carbocycles. The Bertz CT molecular complexity index is 977. The van der Waals surface area contributed by atoms with Crippen molar-refractivity contribution in [3.8, 4) is 0 Å². The molecule has 0 aromatic heterocycles. The quantitative estimate of drug-likeness (QED) is 0.862. The minimum absolute atomic E-state index is 0.0448. The lowest BCUT2D eigenvalue weighted by Crippen LogP contribution is -2.16. The predicted octanol–water partition coefficient (Wildman–Crippen LogP) is 2.95. The van der Waals surface area contributed by atoms with Crippen molar-refractivity contribution < 1.29 is 21.7 Å². The van der Waals surface area contributed by atoms with E-state index in [0.29, 0.717) is 5.56 Å².